The maximum atomic E-state index is 12.1. The molecular formula is C16H21N3O2. The van der Waals surface area contributed by atoms with Gasteiger partial charge in [0.1, 0.15) is 17.4 Å². The van der Waals surface area contributed by atoms with Crippen LogP contribution < -0.4 is 5.32 Å². The summed E-state index contributed by atoms with van der Waals surface area (Å²) in [5.41, 5.74) is 0.639. The summed E-state index contributed by atoms with van der Waals surface area (Å²) >= 11 is 0. The van der Waals surface area contributed by atoms with Gasteiger partial charge < -0.3 is 15.3 Å². The number of nitrogens with one attached hydrogen (secondary N) is 1. The third kappa shape index (κ3) is 5.67. The first-order valence-corrected chi connectivity index (χ1v) is 6.82. The van der Waals surface area contributed by atoms with Crippen LogP contribution in [0.1, 0.15) is 18.9 Å². The zero-order chi connectivity index (χ0) is 15.8. The van der Waals surface area contributed by atoms with E-state index in [4.69, 9.17) is 5.26 Å². The van der Waals surface area contributed by atoms with Crippen LogP contribution in [-0.2, 0) is 4.79 Å². The Morgan fingerprint density at radius 3 is 2.76 bits per heavy atom. The monoisotopic (exact) mass is 287 g/mol. The Bertz CT molecular complexity index is 559. The first-order valence-electron chi connectivity index (χ1n) is 6.82. The fourth-order valence-electron chi connectivity index (χ4n) is 1.91. The summed E-state index contributed by atoms with van der Waals surface area (Å²) in [7, 11) is 3.87. The topological polar surface area (TPSA) is 76.4 Å². The lowest BCUT2D eigenvalue weighted by molar-refractivity contribution is -0.117. The maximum absolute atomic E-state index is 12.1. The van der Waals surface area contributed by atoms with Crippen molar-refractivity contribution in [1.29, 1.82) is 5.26 Å². The summed E-state index contributed by atoms with van der Waals surface area (Å²) in [5.74, 6) is -0.296. The quantitative estimate of drug-likeness (QED) is 0.617. The third-order valence-corrected chi connectivity index (χ3v) is 2.96. The van der Waals surface area contributed by atoms with E-state index in [1.807, 2.05) is 32.0 Å². The van der Waals surface area contributed by atoms with Crippen LogP contribution in [0.25, 0.3) is 6.08 Å². The van der Waals surface area contributed by atoms with Crippen molar-refractivity contribution in [1.82, 2.24) is 10.2 Å². The van der Waals surface area contributed by atoms with Crippen LogP contribution in [0.5, 0.6) is 5.75 Å². The van der Waals surface area contributed by atoms with Gasteiger partial charge >= 0.3 is 0 Å². The first kappa shape index (κ1) is 16.7. The highest BCUT2D eigenvalue weighted by Crippen LogP contribution is 2.14. The molecule has 0 bridgehead atoms. The molecule has 1 aromatic carbocycles. The molecule has 0 aliphatic rings. The van der Waals surface area contributed by atoms with Crippen LogP contribution in [0, 0.1) is 11.3 Å². The second kappa shape index (κ2) is 8.08. The molecule has 0 saturated heterocycles. The van der Waals surface area contributed by atoms with Gasteiger partial charge in [-0.3, -0.25) is 4.79 Å². The molecule has 1 aromatic rings. The number of nitriles is 1. The lowest BCUT2D eigenvalue weighted by Gasteiger charge is -2.20. The number of aromatic hydroxyl groups is 1. The average Bonchev–Trinajstić information content (AvgIpc) is 2.43. The van der Waals surface area contributed by atoms with Gasteiger partial charge in [0.15, 0.2) is 0 Å². The summed E-state index contributed by atoms with van der Waals surface area (Å²) in [4.78, 5) is 14.1. The lowest BCUT2D eigenvalue weighted by atomic mass is 10.1. The molecule has 0 fully saturated rings. The highest BCUT2D eigenvalue weighted by Gasteiger charge is 2.15. The fraction of sp³-hybridized carbons (Fsp3) is 0.375. The zero-order valence-corrected chi connectivity index (χ0v) is 12.6. The van der Waals surface area contributed by atoms with Crippen molar-refractivity contribution in [3.8, 4) is 11.8 Å². The van der Waals surface area contributed by atoms with Gasteiger partial charge in [-0.2, -0.15) is 5.26 Å². The predicted octanol–water partition coefficient (Wildman–Crippen LogP) is 1.76. The van der Waals surface area contributed by atoms with Crippen molar-refractivity contribution in [3.05, 3.63) is 35.4 Å². The molecule has 0 saturated carbocycles. The van der Waals surface area contributed by atoms with Gasteiger partial charge in [-0.25, -0.2) is 0 Å². The van der Waals surface area contributed by atoms with Gasteiger partial charge in [-0.15, -0.1) is 0 Å². The number of phenolic OH excluding ortho intramolecular Hbond substituents is 1. The smallest absolute Gasteiger partial charge is 0.262 e. The number of rotatable bonds is 6. The molecule has 1 rings (SSSR count). The van der Waals surface area contributed by atoms with Crippen LogP contribution in [0.15, 0.2) is 29.8 Å². The number of benzene rings is 1. The second-order valence-corrected chi connectivity index (χ2v) is 5.11. The zero-order valence-electron chi connectivity index (χ0n) is 12.6. The second-order valence-electron chi connectivity index (χ2n) is 5.11. The standard InChI is InChI=1S/C16H21N3O2/c1-4-14(11-19(2)3)18-16(21)13(10-17)8-12-6-5-7-15(20)9-12/h5-9,14,20H,4,11H2,1-3H3,(H,18,21)/b13-8+. The molecule has 1 unspecified atom stereocenters. The van der Waals surface area contributed by atoms with Gasteiger partial charge in [-0.1, -0.05) is 19.1 Å². The summed E-state index contributed by atoms with van der Waals surface area (Å²) in [6, 6.07) is 8.32. The lowest BCUT2D eigenvalue weighted by Crippen LogP contribution is -2.41. The summed E-state index contributed by atoms with van der Waals surface area (Å²) in [6.45, 7) is 2.70. The Morgan fingerprint density at radius 1 is 1.52 bits per heavy atom. The Balaban J connectivity index is 2.84. The highest BCUT2D eigenvalue weighted by molar-refractivity contribution is 6.01. The minimum absolute atomic E-state index is 0.00609. The average molecular weight is 287 g/mol. The van der Waals surface area contributed by atoms with Crippen LogP contribution in [0.4, 0.5) is 0 Å². The minimum atomic E-state index is -0.394. The van der Waals surface area contributed by atoms with Crippen LogP contribution in [0.3, 0.4) is 0 Å². The number of hydrogen-bond donors (Lipinski definition) is 2. The van der Waals surface area contributed by atoms with Crippen molar-refractivity contribution in [3.63, 3.8) is 0 Å². The van der Waals surface area contributed by atoms with E-state index in [0.717, 1.165) is 6.42 Å². The SMILES string of the molecule is CCC(CN(C)C)NC(=O)/C(C#N)=C/c1cccc(O)c1. The molecule has 0 aliphatic heterocycles. The van der Waals surface area contributed by atoms with E-state index in [1.165, 1.54) is 18.2 Å². The molecule has 0 radical (unpaired) electrons. The van der Waals surface area contributed by atoms with Crippen molar-refractivity contribution >= 4 is 12.0 Å². The normalized spacial score (nSPS) is 12.8. The number of carbonyl (C=O) groups is 1. The van der Waals surface area contributed by atoms with Gasteiger partial charge in [0.25, 0.3) is 5.91 Å². The first-order chi connectivity index (χ1) is 9.96. The number of nitrogens with zero attached hydrogens (tertiary/aromatic N) is 2. The van der Waals surface area contributed by atoms with E-state index in [2.05, 4.69) is 5.32 Å². The molecule has 5 heteroatoms. The molecule has 21 heavy (non-hydrogen) atoms. The van der Waals surface area contributed by atoms with Crippen LogP contribution in [0.2, 0.25) is 0 Å². The largest absolute Gasteiger partial charge is 0.508 e. The Hall–Kier alpha value is -2.32. The van der Waals surface area contributed by atoms with Gasteiger partial charge in [0.2, 0.25) is 0 Å². The Morgan fingerprint density at radius 2 is 2.24 bits per heavy atom. The summed E-state index contributed by atoms with van der Waals surface area (Å²) in [6.07, 6.45) is 2.26. The van der Waals surface area contributed by atoms with Crippen LogP contribution >= 0.6 is 0 Å². The van der Waals surface area contributed by atoms with E-state index in [1.54, 1.807) is 12.1 Å². The van der Waals surface area contributed by atoms with E-state index >= 15 is 0 Å². The predicted molar refractivity (Wildman–Crippen MR) is 82.5 cm³/mol. The number of phenols is 1. The molecule has 1 amide bonds. The van der Waals surface area contributed by atoms with Gasteiger partial charge in [-0.05, 0) is 44.3 Å². The summed E-state index contributed by atoms with van der Waals surface area (Å²) in [5, 5.41) is 21.4. The van der Waals surface area contributed by atoms with Gasteiger partial charge in [0, 0.05) is 12.6 Å². The maximum Gasteiger partial charge on any atom is 0.262 e. The van der Waals surface area contributed by atoms with E-state index < -0.39 is 5.91 Å². The van der Waals surface area contributed by atoms with Crippen molar-refractivity contribution < 1.29 is 9.90 Å². The van der Waals surface area contributed by atoms with E-state index in [9.17, 15) is 9.90 Å². The van der Waals surface area contributed by atoms with Crippen molar-refractivity contribution in [2.45, 2.75) is 19.4 Å². The van der Waals surface area contributed by atoms with Crippen LogP contribution in [-0.4, -0.2) is 42.6 Å². The minimum Gasteiger partial charge on any atom is -0.508 e. The molecule has 1 atom stereocenters. The molecule has 0 aliphatic carbocycles. The van der Waals surface area contributed by atoms with Crippen molar-refractivity contribution in [2.75, 3.05) is 20.6 Å². The Labute approximate surface area is 125 Å². The molecule has 0 spiro atoms. The van der Waals surface area contributed by atoms with Gasteiger partial charge in [0.05, 0.1) is 0 Å². The Kier molecular flexibility index (Phi) is 6.44. The molecule has 112 valence electrons. The molecule has 0 aromatic heterocycles. The highest BCUT2D eigenvalue weighted by atomic mass is 16.3. The van der Waals surface area contributed by atoms with E-state index in [-0.39, 0.29) is 17.4 Å². The summed E-state index contributed by atoms with van der Waals surface area (Å²) < 4.78 is 0. The fourth-order valence-corrected chi connectivity index (χ4v) is 1.91. The number of likely N-dealkylation sites (N-methyl/N-ethyl adjacent to an activating group) is 1. The molecule has 0 heterocycles. The number of carbonyl (C=O) groups excluding carboxylic acids is 1. The third-order valence-electron chi connectivity index (χ3n) is 2.96. The number of hydrogen-bond acceptors (Lipinski definition) is 4. The number of amides is 1. The molecule has 2 N–H and O–H groups in total. The van der Waals surface area contributed by atoms with Crippen molar-refractivity contribution in [2.24, 2.45) is 0 Å². The molecule has 5 nitrogen and oxygen atoms in total. The van der Waals surface area contributed by atoms with E-state index in [0.29, 0.717) is 12.1 Å². The molecular weight excluding hydrogens is 266 g/mol.